The molecule has 31 heavy (non-hydrogen) atoms. The van der Waals surface area contributed by atoms with Crippen molar-refractivity contribution in [3.8, 4) is 17.2 Å². The fourth-order valence-corrected chi connectivity index (χ4v) is 3.67. The molecule has 0 spiro atoms. The summed E-state index contributed by atoms with van der Waals surface area (Å²) in [4.78, 5) is 12.2. The molecular formula is C23H24N2O5S. The number of nitrogens with one attached hydrogen (secondary N) is 2. The molecule has 2 N–H and O–H groups in total. The van der Waals surface area contributed by atoms with Gasteiger partial charge < -0.3 is 14.8 Å². The molecule has 0 bridgehead atoms. The van der Waals surface area contributed by atoms with E-state index in [2.05, 4.69) is 10.0 Å². The number of anilines is 2. The van der Waals surface area contributed by atoms with E-state index >= 15 is 0 Å². The van der Waals surface area contributed by atoms with E-state index < -0.39 is 21.7 Å². The molecule has 0 radical (unpaired) electrons. The molecule has 0 aliphatic rings. The van der Waals surface area contributed by atoms with Crippen LogP contribution in [0.2, 0.25) is 0 Å². The predicted molar refractivity (Wildman–Crippen MR) is 121 cm³/mol. The summed E-state index contributed by atoms with van der Waals surface area (Å²) >= 11 is 0. The highest BCUT2D eigenvalue weighted by atomic mass is 32.2. The van der Waals surface area contributed by atoms with Crippen LogP contribution in [0.1, 0.15) is 13.8 Å². The number of carbonyl (C=O) groups is 1. The van der Waals surface area contributed by atoms with E-state index in [0.29, 0.717) is 28.6 Å². The Balaban J connectivity index is 1.53. The summed E-state index contributed by atoms with van der Waals surface area (Å²) in [6.07, 6.45) is 0.0187. The average Bonchev–Trinajstić information content (AvgIpc) is 2.71. The van der Waals surface area contributed by atoms with Crippen molar-refractivity contribution in [3.05, 3.63) is 78.9 Å². The minimum absolute atomic E-state index is 0.0187. The van der Waals surface area contributed by atoms with Crippen LogP contribution in [0.3, 0.4) is 0 Å². The number of hydrogen-bond donors (Lipinski definition) is 2. The van der Waals surface area contributed by atoms with Gasteiger partial charge in [-0.2, -0.15) is 0 Å². The maximum Gasteiger partial charge on any atom is 0.241 e. The van der Waals surface area contributed by atoms with Crippen LogP contribution in [0.5, 0.6) is 17.2 Å². The molecule has 3 aromatic carbocycles. The summed E-state index contributed by atoms with van der Waals surface area (Å²) in [6.45, 7) is 3.80. The molecule has 0 fully saturated rings. The largest absolute Gasteiger partial charge is 0.491 e. The quantitative estimate of drug-likeness (QED) is 0.505. The lowest BCUT2D eigenvalue weighted by Gasteiger charge is -2.12. The molecule has 0 unspecified atom stereocenters. The number of para-hydroxylation sites is 1. The minimum Gasteiger partial charge on any atom is -0.491 e. The molecule has 0 saturated heterocycles. The fourth-order valence-electron chi connectivity index (χ4n) is 2.69. The molecule has 3 aromatic rings. The Morgan fingerprint density at radius 1 is 0.806 bits per heavy atom. The van der Waals surface area contributed by atoms with E-state index in [9.17, 15) is 13.2 Å². The number of carbonyl (C=O) groups excluding carboxylic acids is 1. The summed E-state index contributed by atoms with van der Waals surface area (Å²) in [7, 11) is -3.87. The van der Waals surface area contributed by atoms with Crippen LogP contribution < -0.4 is 19.5 Å². The first kappa shape index (κ1) is 22.2. The van der Waals surface area contributed by atoms with Gasteiger partial charge in [0.2, 0.25) is 15.9 Å². The van der Waals surface area contributed by atoms with Crippen molar-refractivity contribution >= 4 is 27.3 Å². The number of rotatable bonds is 9. The second-order valence-electron chi connectivity index (χ2n) is 7.04. The van der Waals surface area contributed by atoms with Gasteiger partial charge in [-0.1, -0.05) is 18.2 Å². The van der Waals surface area contributed by atoms with Gasteiger partial charge in [0.1, 0.15) is 23.0 Å². The third-order valence-corrected chi connectivity index (χ3v) is 5.13. The Morgan fingerprint density at radius 2 is 1.35 bits per heavy atom. The van der Waals surface area contributed by atoms with E-state index in [0.717, 1.165) is 0 Å². The fraction of sp³-hybridized carbons (Fsp3) is 0.174. The first-order chi connectivity index (χ1) is 14.8. The van der Waals surface area contributed by atoms with Crippen LogP contribution in [0, 0.1) is 0 Å². The second kappa shape index (κ2) is 9.99. The van der Waals surface area contributed by atoms with Gasteiger partial charge in [0.25, 0.3) is 0 Å². The molecule has 3 rings (SSSR count). The molecule has 0 aliphatic heterocycles. The van der Waals surface area contributed by atoms with Crippen LogP contribution in [0.25, 0.3) is 0 Å². The number of amides is 1. The van der Waals surface area contributed by atoms with Gasteiger partial charge in [-0.25, -0.2) is 8.42 Å². The number of benzene rings is 3. The van der Waals surface area contributed by atoms with Gasteiger partial charge in [-0.05, 0) is 74.5 Å². The number of sulfonamides is 1. The molecule has 7 nitrogen and oxygen atoms in total. The lowest BCUT2D eigenvalue weighted by Crippen LogP contribution is -2.27. The maximum atomic E-state index is 12.3. The molecule has 0 aliphatic carbocycles. The van der Waals surface area contributed by atoms with Gasteiger partial charge in [0.05, 0.1) is 6.10 Å². The van der Waals surface area contributed by atoms with Crippen molar-refractivity contribution in [3.63, 3.8) is 0 Å². The van der Waals surface area contributed by atoms with Crippen LogP contribution in [0.4, 0.5) is 11.4 Å². The van der Waals surface area contributed by atoms with Crippen molar-refractivity contribution in [2.75, 3.05) is 15.8 Å². The highest BCUT2D eigenvalue weighted by Gasteiger charge is 2.17. The first-order valence-corrected chi connectivity index (χ1v) is 11.3. The van der Waals surface area contributed by atoms with Crippen LogP contribution >= 0.6 is 0 Å². The van der Waals surface area contributed by atoms with Crippen molar-refractivity contribution in [1.29, 1.82) is 0 Å². The molecule has 0 heterocycles. The minimum atomic E-state index is -3.87. The smallest absolute Gasteiger partial charge is 0.241 e. The van der Waals surface area contributed by atoms with Gasteiger partial charge in [-0.3, -0.25) is 9.52 Å². The van der Waals surface area contributed by atoms with Crippen LogP contribution in [-0.2, 0) is 14.8 Å². The van der Waals surface area contributed by atoms with Crippen molar-refractivity contribution < 1.29 is 22.7 Å². The van der Waals surface area contributed by atoms with Gasteiger partial charge in [0.15, 0.2) is 0 Å². The zero-order valence-electron chi connectivity index (χ0n) is 17.2. The lowest BCUT2D eigenvalue weighted by molar-refractivity contribution is -0.113. The zero-order valence-corrected chi connectivity index (χ0v) is 18.1. The van der Waals surface area contributed by atoms with E-state index in [1.165, 1.54) is 0 Å². The summed E-state index contributed by atoms with van der Waals surface area (Å²) in [6, 6.07) is 22.4. The monoisotopic (exact) mass is 440 g/mol. The SMILES string of the molecule is CC(C)Oc1ccc(NS(=O)(=O)CC(=O)Nc2ccc(Oc3ccccc3)cc2)cc1. The Morgan fingerprint density at radius 3 is 1.97 bits per heavy atom. The van der Waals surface area contributed by atoms with E-state index in [-0.39, 0.29) is 6.10 Å². The molecule has 8 heteroatoms. The second-order valence-corrected chi connectivity index (χ2v) is 8.76. The molecule has 0 saturated carbocycles. The van der Waals surface area contributed by atoms with Gasteiger partial charge in [0, 0.05) is 11.4 Å². The summed E-state index contributed by atoms with van der Waals surface area (Å²) in [5.74, 6) is 0.572. The molecule has 162 valence electrons. The first-order valence-electron chi connectivity index (χ1n) is 9.69. The zero-order chi connectivity index (χ0) is 22.3. The Bertz CT molecular complexity index is 1100. The molecule has 0 atom stereocenters. The Kier molecular flexibility index (Phi) is 7.15. The van der Waals surface area contributed by atoms with E-state index in [1.54, 1.807) is 48.5 Å². The Hall–Kier alpha value is -3.52. The summed E-state index contributed by atoms with van der Waals surface area (Å²) < 4.78 is 38.2. The van der Waals surface area contributed by atoms with Crippen LogP contribution in [-0.4, -0.2) is 26.2 Å². The molecular weight excluding hydrogens is 416 g/mol. The maximum absolute atomic E-state index is 12.3. The molecule has 0 aromatic heterocycles. The van der Waals surface area contributed by atoms with Gasteiger partial charge in [-0.15, -0.1) is 0 Å². The highest BCUT2D eigenvalue weighted by molar-refractivity contribution is 7.93. The van der Waals surface area contributed by atoms with E-state index in [1.807, 2.05) is 44.2 Å². The number of hydrogen-bond acceptors (Lipinski definition) is 5. The van der Waals surface area contributed by atoms with Crippen LogP contribution in [0.15, 0.2) is 78.9 Å². The van der Waals surface area contributed by atoms with E-state index in [4.69, 9.17) is 9.47 Å². The normalized spacial score (nSPS) is 11.1. The third-order valence-electron chi connectivity index (χ3n) is 3.94. The van der Waals surface area contributed by atoms with Crippen molar-refractivity contribution in [2.24, 2.45) is 0 Å². The van der Waals surface area contributed by atoms with Crippen molar-refractivity contribution in [2.45, 2.75) is 20.0 Å². The third kappa shape index (κ3) is 7.35. The predicted octanol–water partition coefficient (Wildman–Crippen LogP) is 4.65. The topological polar surface area (TPSA) is 93.7 Å². The average molecular weight is 441 g/mol. The summed E-state index contributed by atoms with van der Waals surface area (Å²) in [5, 5.41) is 2.57. The number of ether oxygens (including phenoxy) is 2. The standard InChI is InChI=1S/C23H24N2O5S/c1-17(2)29-21-14-10-19(11-15-21)25-31(27,28)16-23(26)24-18-8-12-22(13-9-18)30-20-6-4-3-5-7-20/h3-15,17,25H,16H2,1-2H3,(H,24,26). The Labute approximate surface area is 182 Å². The highest BCUT2D eigenvalue weighted by Crippen LogP contribution is 2.23. The lowest BCUT2D eigenvalue weighted by atomic mass is 10.3. The summed E-state index contributed by atoms with van der Waals surface area (Å²) in [5.41, 5.74) is 0.821. The van der Waals surface area contributed by atoms with Crippen molar-refractivity contribution in [1.82, 2.24) is 0 Å². The van der Waals surface area contributed by atoms with Gasteiger partial charge >= 0.3 is 0 Å². The molecule has 1 amide bonds.